The fraction of sp³-hybridized carbons (Fsp3) is 0.467. The third kappa shape index (κ3) is 3.05. The van der Waals surface area contributed by atoms with Crippen LogP contribution in [0, 0.1) is 0 Å². The quantitative estimate of drug-likeness (QED) is 0.862. The smallest absolute Gasteiger partial charge is 0.211 e. The molecule has 3 rings (SSSR count). The summed E-state index contributed by atoms with van der Waals surface area (Å²) in [6.45, 7) is 1.12. The Morgan fingerprint density at radius 1 is 1.32 bits per heavy atom. The summed E-state index contributed by atoms with van der Waals surface area (Å²) in [5.74, 6) is 0.150. The Balaban J connectivity index is 1.88. The van der Waals surface area contributed by atoms with Crippen LogP contribution in [0.4, 0.5) is 0 Å². The van der Waals surface area contributed by atoms with Crippen LogP contribution in [0.1, 0.15) is 24.5 Å². The van der Waals surface area contributed by atoms with Gasteiger partial charge in [-0.3, -0.25) is 4.98 Å². The highest BCUT2D eigenvalue weighted by Gasteiger charge is 2.27. The SMILES string of the molecule is Cn1cncc1-c1cccc([C@H]2CCCN(S(C)(=O)=O)C2)n1. The molecule has 0 aliphatic carbocycles. The predicted molar refractivity (Wildman–Crippen MR) is 84.8 cm³/mol. The molecule has 0 saturated carbocycles. The zero-order valence-electron chi connectivity index (χ0n) is 12.8. The Bertz CT molecular complexity index is 769. The van der Waals surface area contributed by atoms with Crippen molar-refractivity contribution in [3.63, 3.8) is 0 Å². The molecule has 1 saturated heterocycles. The highest BCUT2D eigenvalue weighted by Crippen LogP contribution is 2.28. The van der Waals surface area contributed by atoms with Gasteiger partial charge in [0.2, 0.25) is 10.0 Å². The Kier molecular flexibility index (Phi) is 4.01. The maximum atomic E-state index is 11.8. The van der Waals surface area contributed by atoms with Crippen molar-refractivity contribution in [1.82, 2.24) is 18.8 Å². The van der Waals surface area contributed by atoms with Gasteiger partial charge in [-0.1, -0.05) is 6.07 Å². The lowest BCUT2D eigenvalue weighted by Crippen LogP contribution is -2.38. The van der Waals surface area contributed by atoms with Gasteiger partial charge in [0.15, 0.2) is 0 Å². The predicted octanol–water partition coefficient (Wildman–Crippen LogP) is 1.62. The molecule has 0 aromatic carbocycles. The highest BCUT2D eigenvalue weighted by atomic mass is 32.2. The van der Waals surface area contributed by atoms with Gasteiger partial charge in [-0.05, 0) is 25.0 Å². The standard InChI is InChI=1S/C15H20N4O2S/c1-18-11-16-9-15(18)14-7-3-6-13(17-14)12-5-4-8-19(10-12)22(2,20)21/h3,6-7,9,11-12H,4-5,8,10H2,1-2H3/t12-/m0/s1. The number of imidazole rings is 1. The first kappa shape index (κ1) is 15.2. The Labute approximate surface area is 130 Å². The summed E-state index contributed by atoms with van der Waals surface area (Å²) in [5, 5.41) is 0. The van der Waals surface area contributed by atoms with E-state index in [1.165, 1.54) is 6.26 Å². The summed E-state index contributed by atoms with van der Waals surface area (Å²) in [6, 6.07) is 5.91. The largest absolute Gasteiger partial charge is 0.332 e. The number of aromatic nitrogens is 3. The molecular weight excluding hydrogens is 300 g/mol. The molecule has 22 heavy (non-hydrogen) atoms. The first-order chi connectivity index (χ1) is 10.4. The zero-order chi connectivity index (χ0) is 15.7. The average Bonchev–Trinajstić information content (AvgIpc) is 2.93. The third-order valence-corrected chi connectivity index (χ3v) is 5.39. The van der Waals surface area contributed by atoms with Gasteiger partial charge < -0.3 is 4.57 Å². The van der Waals surface area contributed by atoms with Gasteiger partial charge in [-0.2, -0.15) is 0 Å². The molecule has 0 unspecified atom stereocenters. The van der Waals surface area contributed by atoms with Crippen molar-refractivity contribution in [2.75, 3.05) is 19.3 Å². The normalized spacial score (nSPS) is 20.2. The number of hydrogen-bond donors (Lipinski definition) is 0. The summed E-state index contributed by atoms with van der Waals surface area (Å²) in [4.78, 5) is 8.85. The molecule has 1 atom stereocenters. The topological polar surface area (TPSA) is 68.1 Å². The van der Waals surface area contributed by atoms with E-state index in [4.69, 9.17) is 4.98 Å². The molecule has 0 N–H and O–H groups in total. The Hall–Kier alpha value is -1.73. The van der Waals surface area contributed by atoms with E-state index in [9.17, 15) is 8.42 Å². The van der Waals surface area contributed by atoms with E-state index in [1.54, 1.807) is 16.8 Å². The number of sulfonamides is 1. The molecule has 0 radical (unpaired) electrons. The molecule has 1 aliphatic rings. The van der Waals surface area contributed by atoms with Gasteiger partial charge in [0.25, 0.3) is 0 Å². The number of piperidine rings is 1. The van der Waals surface area contributed by atoms with Gasteiger partial charge in [0, 0.05) is 31.7 Å². The van der Waals surface area contributed by atoms with Crippen LogP contribution in [0.5, 0.6) is 0 Å². The molecular formula is C15H20N4O2S. The number of pyridine rings is 1. The molecule has 0 amide bonds. The van der Waals surface area contributed by atoms with Crippen LogP contribution in [0.15, 0.2) is 30.7 Å². The van der Waals surface area contributed by atoms with Crippen LogP contribution in [-0.4, -0.2) is 46.6 Å². The molecule has 118 valence electrons. The Morgan fingerprint density at radius 2 is 2.14 bits per heavy atom. The lowest BCUT2D eigenvalue weighted by atomic mass is 9.95. The van der Waals surface area contributed by atoms with Crippen molar-refractivity contribution in [3.8, 4) is 11.4 Å². The summed E-state index contributed by atoms with van der Waals surface area (Å²) in [5.41, 5.74) is 2.78. The maximum absolute atomic E-state index is 11.8. The molecule has 2 aromatic rings. The third-order valence-electron chi connectivity index (χ3n) is 4.12. The first-order valence-corrected chi connectivity index (χ1v) is 9.19. The first-order valence-electron chi connectivity index (χ1n) is 7.34. The second-order valence-electron chi connectivity index (χ2n) is 5.80. The minimum absolute atomic E-state index is 0.150. The summed E-state index contributed by atoms with van der Waals surface area (Å²) in [7, 11) is -1.20. The van der Waals surface area contributed by atoms with Crippen LogP contribution >= 0.6 is 0 Å². The van der Waals surface area contributed by atoms with Crippen LogP contribution in [-0.2, 0) is 17.1 Å². The maximum Gasteiger partial charge on any atom is 0.211 e. The van der Waals surface area contributed by atoms with Crippen molar-refractivity contribution in [3.05, 3.63) is 36.4 Å². The monoisotopic (exact) mass is 320 g/mol. The lowest BCUT2D eigenvalue weighted by molar-refractivity contribution is 0.314. The van der Waals surface area contributed by atoms with Crippen LogP contribution in [0.2, 0.25) is 0 Å². The molecule has 3 heterocycles. The zero-order valence-corrected chi connectivity index (χ0v) is 13.6. The molecule has 2 aromatic heterocycles. The number of hydrogen-bond acceptors (Lipinski definition) is 4. The van der Waals surface area contributed by atoms with Crippen LogP contribution in [0.3, 0.4) is 0 Å². The minimum Gasteiger partial charge on any atom is -0.332 e. The Morgan fingerprint density at radius 3 is 2.82 bits per heavy atom. The van der Waals surface area contributed by atoms with E-state index in [-0.39, 0.29) is 5.92 Å². The number of aryl methyl sites for hydroxylation is 1. The molecule has 7 heteroatoms. The molecule has 1 aliphatic heterocycles. The number of rotatable bonds is 3. The summed E-state index contributed by atoms with van der Waals surface area (Å²) < 4.78 is 27.0. The van der Waals surface area contributed by atoms with E-state index >= 15 is 0 Å². The highest BCUT2D eigenvalue weighted by molar-refractivity contribution is 7.88. The van der Waals surface area contributed by atoms with Crippen molar-refractivity contribution in [1.29, 1.82) is 0 Å². The van der Waals surface area contributed by atoms with Crippen molar-refractivity contribution < 1.29 is 8.42 Å². The van der Waals surface area contributed by atoms with Gasteiger partial charge in [-0.25, -0.2) is 17.7 Å². The second kappa shape index (κ2) is 5.81. The van der Waals surface area contributed by atoms with Crippen LogP contribution < -0.4 is 0 Å². The van der Waals surface area contributed by atoms with Crippen molar-refractivity contribution >= 4 is 10.0 Å². The van der Waals surface area contributed by atoms with Gasteiger partial charge >= 0.3 is 0 Å². The molecule has 0 spiro atoms. The molecule has 0 bridgehead atoms. The van der Waals surface area contributed by atoms with E-state index in [2.05, 4.69) is 4.98 Å². The minimum atomic E-state index is -3.14. The van der Waals surface area contributed by atoms with Crippen LogP contribution in [0.25, 0.3) is 11.4 Å². The van der Waals surface area contributed by atoms with Crippen molar-refractivity contribution in [2.24, 2.45) is 7.05 Å². The lowest BCUT2D eigenvalue weighted by Gasteiger charge is -2.30. The summed E-state index contributed by atoms with van der Waals surface area (Å²) >= 11 is 0. The van der Waals surface area contributed by atoms with Gasteiger partial charge in [0.1, 0.15) is 0 Å². The van der Waals surface area contributed by atoms with E-state index in [0.29, 0.717) is 13.1 Å². The fourth-order valence-corrected chi connectivity index (χ4v) is 3.82. The molecule has 1 fully saturated rings. The van der Waals surface area contributed by atoms with E-state index < -0.39 is 10.0 Å². The van der Waals surface area contributed by atoms with Crippen molar-refractivity contribution in [2.45, 2.75) is 18.8 Å². The second-order valence-corrected chi connectivity index (χ2v) is 7.78. The fourth-order valence-electron chi connectivity index (χ4n) is 2.91. The summed E-state index contributed by atoms with van der Waals surface area (Å²) in [6.07, 6.45) is 6.64. The van der Waals surface area contributed by atoms with Gasteiger partial charge in [-0.15, -0.1) is 0 Å². The van der Waals surface area contributed by atoms with Gasteiger partial charge in [0.05, 0.1) is 30.2 Å². The van der Waals surface area contributed by atoms with E-state index in [0.717, 1.165) is 29.9 Å². The average molecular weight is 320 g/mol. The number of nitrogens with zero attached hydrogens (tertiary/aromatic N) is 4. The van der Waals surface area contributed by atoms with E-state index in [1.807, 2.05) is 29.8 Å². The molecule has 6 nitrogen and oxygen atoms in total.